The van der Waals surface area contributed by atoms with Gasteiger partial charge in [0.2, 0.25) is 5.91 Å². The van der Waals surface area contributed by atoms with Gasteiger partial charge in [0.1, 0.15) is 5.60 Å². The zero-order valence-electron chi connectivity index (χ0n) is 16.6. The van der Waals surface area contributed by atoms with Crippen LogP contribution in [0, 0.1) is 29.2 Å². The van der Waals surface area contributed by atoms with E-state index in [0.717, 1.165) is 0 Å². The number of likely N-dealkylation sites (N-methyl/N-ethyl adjacent to an activating group) is 1. The molecule has 2 N–H and O–H groups in total. The fraction of sp³-hybridized carbons (Fsp3) is 0.579. The van der Waals surface area contributed by atoms with E-state index in [2.05, 4.69) is 0 Å². The first-order valence-corrected chi connectivity index (χ1v) is 8.78. The smallest absolute Gasteiger partial charge is 0.307 e. The van der Waals surface area contributed by atoms with Crippen molar-refractivity contribution in [3.05, 3.63) is 34.9 Å². The second-order valence-corrected chi connectivity index (χ2v) is 7.67. The van der Waals surface area contributed by atoms with Gasteiger partial charge in [0, 0.05) is 31.3 Å². The molecule has 0 aliphatic heterocycles. The van der Waals surface area contributed by atoms with Gasteiger partial charge in [0.05, 0.1) is 12.3 Å². The largest absolute Gasteiger partial charge is 0.460 e. The first kappa shape index (κ1) is 23.9. The van der Waals surface area contributed by atoms with Gasteiger partial charge in [-0.2, -0.15) is 0 Å². The highest BCUT2D eigenvalue weighted by molar-refractivity contribution is 5.84. The molecule has 0 bridgehead atoms. The molecule has 0 aromatic heterocycles. The zero-order valence-corrected chi connectivity index (χ0v) is 16.6. The van der Waals surface area contributed by atoms with Crippen molar-refractivity contribution in [2.45, 2.75) is 52.2 Å². The maximum Gasteiger partial charge on any atom is 0.307 e. The number of esters is 1. The number of ether oxygens (including phenoxy) is 1. The van der Waals surface area contributed by atoms with Crippen LogP contribution in [0.5, 0.6) is 0 Å². The Balaban J connectivity index is 3.25. The van der Waals surface area contributed by atoms with Crippen LogP contribution >= 0.6 is 0 Å². The van der Waals surface area contributed by atoms with Gasteiger partial charge in [-0.3, -0.25) is 9.59 Å². The van der Waals surface area contributed by atoms with Gasteiger partial charge in [-0.15, -0.1) is 0 Å². The molecule has 0 saturated carbocycles. The molecule has 1 aromatic rings. The minimum absolute atomic E-state index is 0.0848. The molecule has 0 spiro atoms. The molecule has 0 aliphatic rings. The number of rotatable bonds is 7. The van der Waals surface area contributed by atoms with Crippen molar-refractivity contribution in [2.24, 2.45) is 11.7 Å². The second-order valence-electron chi connectivity index (χ2n) is 7.67. The van der Waals surface area contributed by atoms with Crippen LogP contribution in [0.3, 0.4) is 0 Å². The highest BCUT2D eigenvalue weighted by Crippen LogP contribution is 2.25. The fourth-order valence-corrected chi connectivity index (χ4v) is 2.54. The first-order valence-electron chi connectivity index (χ1n) is 8.78. The molecule has 1 amide bonds. The molecule has 0 unspecified atom stereocenters. The summed E-state index contributed by atoms with van der Waals surface area (Å²) in [4.78, 5) is 26.2. The molecule has 28 heavy (non-hydrogen) atoms. The third-order valence-corrected chi connectivity index (χ3v) is 4.19. The topological polar surface area (TPSA) is 72.6 Å². The molecular formula is C19H26F4N2O3. The molecule has 0 fully saturated rings. The number of hydrogen-bond acceptors (Lipinski definition) is 4. The molecule has 1 rings (SSSR count). The van der Waals surface area contributed by atoms with E-state index in [9.17, 15) is 27.2 Å². The molecular weight excluding hydrogens is 380 g/mol. The highest BCUT2D eigenvalue weighted by atomic mass is 19.2. The van der Waals surface area contributed by atoms with Crippen LogP contribution in [0.1, 0.15) is 39.7 Å². The van der Waals surface area contributed by atoms with Crippen molar-refractivity contribution in [1.29, 1.82) is 0 Å². The van der Waals surface area contributed by atoms with E-state index >= 15 is 0 Å². The van der Waals surface area contributed by atoms with E-state index in [1.807, 2.05) is 0 Å². The summed E-state index contributed by atoms with van der Waals surface area (Å²) < 4.78 is 60.3. The number of amides is 1. The van der Waals surface area contributed by atoms with Crippen LogP contribution in [0.4, 0.5) is 17.6 Å². The Morgan fingerprint density at radius 3 is 2.07 bits per heavy atom. The highest BCUT2D eigenvalue weighted by Gasteiger charge is 2.32. The fourth-order valence-electron chi connectivity index (χ4n) is 2.54. The number of halogens is 4. The van der Waals surface area contributed by atoms with Crippen molar-refractivity contribution in [3.8, 4) is 0 Å². The Kier molecular flexibility index (Phi) is 7.98. The quantitative estimate of drug-likeness (QED) is 0.429. The summed E-state index contributed by atoms with van der Waals surface area (Å²) in [5.41, 5.74) is 3.75. The van der Waals surface area contributed by atoms with Crippen LogP contribution in [-0.2, 0) is 20.7 Å². The molecule has 0 saturated heterocycles. The normalized spacial score (nSPS) is 13.8. The number of nitrogens with two attached hydrogens (primary N) is 1. The van der Waals surface area contributed by atoms with Gasteiger partial charge in [0.25, 0.3) is 0 Å². The maximum atomic E-state index is 14.1. The van der Waals surface area contributed by atoms with Crippen molar-refractivity contribution < 1.29 is 31.9 Å². The number of carbonyl (C=O) groups excluding carboxylic acids is 2. The van der Waals surface area contributed by atoms with Crippen molar-refractivity contribution in [3.63, 3.8) is 0 Å². The lowest BCUT2D eigenvalue weighted by atomic mass is 9.93. The number of hydrogen-bond donors (Lipinski definition) is 1. The molecule has 5 nitrogen and oxygen atoms in total. The van der Waals surface area contributed by atoms with E-state index < -0.39 is 71.1 Å². The molecule has 2 atom stereocenters. The third-order valence-electron chi connectivity index (χ3n) is 4.19. The number of carbonyl (C=O) groups is 2. The van der Waals surface area contributed by atoms with Crippen molar-refractivity contribution >= 4 is 11.9 Å². The van der Waals surface area contributed by atoms with Gasteiger partial charge in [-0.25, -0.2) is 17.6 Å². The van der Waals surface area contributed by atoms with E-state index in [1.54, 1.807) is 27.7 Å². The van der Waals surface area contributed by atoms with Crippen LogP contribution in [0.25, 0.3) is 0 Å². The lowest BCUT2D eigenvalue weighted by molar-refractivity contribution is -0.158. The van der Waals surface area contributed by atoms with E-state index in [4.69, 9.17) is 10.5 Å². The monoisotopic (exact) mass is 406 g/mol. The summed E-state index contributed by atoms with van der Waals surface area (Å²) >= 11 is 0. The van der Waals surface area contributed by atoms with Crippen LogP contribution in [-0.4, -0.2) is 42.0 Å². The summed E-state index contributed by atoms with van der Waals surface area (Å²) in [5, 5.41) is 0. The van der Waals surface area contributed by atoms with Gasteiger partial charge in [0.15, 0.2) is 23.3 Å². The Hall–Kier alpha value is -2.16. The predicted molar refractivity (Wildman–Crippen MR) is 95.2 cm³/mol. The zero-order chi connectivity index (χ0) is 21.8. The lowest BCUT2D eigenvalue weighted by Crippen LogP contribution is -2.44. The summed E-state index contributed by atoms with van der Waals surface area (Å²) in [6.45, 7) is 6.60. The summed E-state index contributed by atoms with van der Waals surface area (Å²) in [6, 6.07) is -0.339. The van der Waals surface area contributed by atoms with E-state index in [1.165, 1.54) is 11.9 Å². The third kappa shape index (κ3) is 6.19. The van der Waals surface area contributed by atoms with E-state index in [0.29, 0.717) is 0 Å². The molecule has 0 radical (unpaired) electrons. The van der Waals surface area contributed by atoms with Gasteiger partial charge < -0.3 is 15.4 Å². The Labute approximate surface area is 161 Å². The SMILES string of the molecule is C[C@@H](CN)N(C)C(=O)[C@@H](CC(=O)OC(C)(C)C)Cc1c(F)c(F)cc(F)c1F. The first-order chi connectivity index (χ1) is 12.8. The van der Waals surface area contributed by atoms with Gasteiger partial charge >= 0.3 is 5.97 Å². The number of benzene rings is 1. The summed E-state index contributed by atoms with van der Waals surface area (Å²) in [7, 11) is 1.42. The van der Waals surface area contributed by atoms with Crippen LogP contribution in [0.2, 0.25) is 0 Å². The van der Waals surface area contributed by atoms with Crippen molar-refractivity contribution in [2.75, 3.05) is 13.6 Å². The van der Waals surface area contributed by atoms with E-state index in [-0.39, 0.29) is 12.6 Å². The summed E-state index contributed by atoms with van der Waals surface area (Å²) in [6.07, 6.45) is -1.24. The van der Waals surface area contributed by atoms with Gasteiger partial charge in [-0.05, 0) is 34.1 Å². The molecule has 0 heterocycles. The molecule has 158 valence electrons. The van der Waals surface area contributed by atoms with Crippen LogP contribution < -0.4 is 5.73 Å². The van der Waals surface area contributed by atoms with Crippen LogP contribution in [0.15, 0.2) is 6.07 Å². The average Bonchev–Trinajstić information content (AvgIpc) is 2.59. The standard InChI is InChI=1S/C19H26F4N2O3/c1-10(9-24)25(5)18(27)11(7-15(26)28-19(2,3)4)6-12-16(22)13(20)8-14(21)17(12)23/h8,10-11H,6-7,9,24H2,1-5H3/t10-,11+/m0/s1. The molecule has 1 aromatic carbocycles. The molecule has 9 heteroatoms. The number of nitrogens with zero attached hydrogens (tertiary/aromatic N) is 1. The Morgan fingerprint density at radius 2 is 1.64 bits per heavy atom. The average molecular weight is 406 g/mol. The summed E-state index contributed by atoms with van der Waals surface area (Å²) in [5.74, 6) is -9.09. The minimum atomic E-state index is -1.60. The maximum absolute atomic E-state index is 14.1. The minimum Gasteiger partial charge on any atom is -0.460 e. The lowest BCUT2D eigenvalue weighted by Gasteiger charge is -2.29. The Bertz CT molecular complexity index is 709. The van der Waals surface area contributed by atoms with Gasteiger partial charge in [-0.1, -0.05) is 0 Å². The van der Waals surface area contributed by atoms with Crippen molar-refractivity contribution in [1.82, 2.24) is 4.90 Å². The molecule has 0 aliphatic carbocycles. The second kappa shape index (κ2) is 9.36. The predicted octanol–water partition coefficient (Wildman–Crippen LogP) is 2.94. The Morgan fingerprint density at radius 1 is 1.14 bits per heavy atom.